The molecule has 0 bridgehead atoms. The van der Waals surface area contributed by atoms with E-state index in [4.69, 9.17) is 0 Å². The highest BCUT2D eigenvalue weighted by molar-refractivity contribution is 5.92. The molecule has 0 radical (unpaired) electrons. The molecular formula is C20H21F4N3O2. The van der Waals surface area contributed by atoms with Crippen molar-refractivity contribution in [2.45, 2.75) is 19.9 Å². The number of rotatable bonds is 9. The van der Waals surface area contributed by atoms with Crippen LogP contribution in [0.1, 0.15) is 18.9 Å². The first-order valence-electron chi connectivity index (χ1n) is 8.97. The fourth-order valence-corrected chi connectivity index (χ4v) is 2.64. The Hall–Kier alpha value is -2.94. The fraction of sp³-hybridized carbons (Fsp3) is 0.300. The van der Waals surface area contributed by atoms with Gasteiger partial charge >= 0.3 is 0 Å². The Balaban J connectivity index is 1.91. The lowest BCUT2D eigenvalue weighted by atomic mass is 10.2. The number of benzene rings is 2. The normalized spacial score (nSPS) is 10.8. The van der Waals surface area contributed by atoms with Crippen molar-refractivity contribution >= 4 is 17.5 Å². The number of carbonyl (C=O) groups excluding carboxylic acids is 2. The smallest absolute Gasteiger partial charge is 0.238 e. The molecule has 0 aliphatic carbocycles. The summed E-state index contributed by atoms with van der Waals surface area (Å²) in [6.07, 6.45) is 0.632. The summed E-state index contributed by atoms with van der Waals surface area (Å²) in [7, 11) is 0. The average molecular weight is 411 g/mol. The average Bonchev–Trinajstić information content (AvgIpc) is 2.68. The summed E-state index contributed by atoms with van der Waals surface area (Å²) in [5.74, 6) is -6.09. The SMILES string of the molecule is CCCN(CC(=O)NCc1ccccc1F)CC(=O)Nc1ccc(F)c(F)c1F. The van der Waals surface area contributed by atoms with Gasteiger partial charge in [0.2, 0.25) is 11.8 Å². The zero-order valence-electron chi connectivity index (χ0n) is 15.8. The Bertz CT molecular complexity index is 877. The minimum atomic E-state index is -1.68. The lowest BCUT2D eigenvalue weighted by molar-refractivity contribution is -0.123. The molecule has 0 spiro atoms. The number of nitrogens with zero attached hydrogens (tertiary/aromatic N) is 1. The van der Waals surface area contributed by atoms with Gasteiger partial charge in [0.05, 0.1) is 18.8 Å². The van der Waals surface area contributed by atoms with Gasteiger partial charge in [0.1, 0.15) is 5.82 Å². The third-order valence-corrected chi connectivity index (χ3v) is 4.02. The van der Waals surface area contributed by atoms with E-state index in [-0.39, 0.29) is 19.6 Å². The van der Waals surface area contributed by atoms with Crippen LogP contribution in [0.4, 0.5) is 23.2 Å². The van der Waals surface area contributed by atoms with E-state index >= 15 is 0 Å². The molecule has 0 heterocycles. The number of anilines is 1. The molecule has 0 atom stereocenters. The van der Waals surface area contributed by atoms with Crippen molar-refractivity contribution in [2.75, 3.05) is 25.0 Å². The Morgan fingerprint density at radius 2 is 1.59 bits per heavy atom. The van der Waals surface area contributed by atoms with Gasteiger partial charge in [-0.05, 0) is 31.2 Å². The summed E-state index contributed by atoms with van der Waals surface area (Å²) in [5.41, 5.74) is -0.163. The maximum atomic E-state index is 13.7. The summed E-state index contributed by atoms with van der Waals surface area (Å²) in [6, 6.07) is 7.63. The maximum absolute atomic E-state index is 13.7. The Morgan fingerprint density at radius 1 is 0.897 bits per heavy atom. The van der Waals surface area contributed by atoms with Crippen molar-refractivity contribution in [3.05, 3.63) is 65.2 Å². The fourth-order valence-electron chi connectivity index (χ4n) is 2.64. The number of nitrogens with one attached hydrogen (secondary N) is 2. The second-order valence-corrected chi connectivity index (χ2v) is 6.35. The molecule has 0 unspecified atom stereocenters. The summed E-state index contributed by atoms with van der Waals surface area (Å²) in [5, 5.41) is 4.73. The Kier molecular flexibility index (Phi) is 8.14. The van der Waals surface area contributed by atoms with E-state index in [0.29, 0.717) is 24.6 Å². The number of hydrogen-bond donors (Lipinski definition) is 2. The zero-order valence-corrected chi connectivity index (χ0v) is 15.8. The molecule has 2 amide bonds. The zero-order chi connectivity index (χ0) is 21.4. The molecular weight excluding hydrogens is 390 g/mol. The van der Waals surface area contributed by atoms with E-state index in [0.717, 1.165) is 6.07 Å². The highest BCUT2D eigenvalue weighted by Gasteiger charge is 2.18. The van der Waals surface area contributed by atoms with Crippen LogP contribution in [-0.4, -0.2) is 36.3 Å². The van der Waals surface area contributed by atoms with Crippen molar-refractivity contribution in [3.63, 3.8) is 0 Å². The quantitative estimate of drug-likeness (QED) is 0.492. The first kappa shape index (κ1) is 22.4. The second kappa shape index (κ2) is 10.6. The van der Waals surface area contributed by atoms with E-state index in [1.807, 2.05) is 6.92 Å². The highest BCUT2D eigenvalue weighted by atomic mass is 19.2. The van der Waals surface area contributed by atoms with Crippen LogP contribution in [0.2, 0.25) is 0 Å². The van der Waals surface area contributed by atoms with Gasteiger partial charge in [-0.3, -0.25) is 14.5 Å². The van der Waals surface area contributed by atoms with Crippen LogP contribution >= 0.6 is 0 Å². The van der Waals surface area contributed by atoms with Gasteiger partial charge in [0.25, 0.3) is 0 Å². The molecule has 0 saturated carbocycles. The van der Waals surface area contributed by atoms with Crippen LogP contribution in [0.15, 0.2) is 36.4 Å². The summed E-state index contributed by atoms with van der Waals surface area (Å²) >= 11 is 0. The molecule has 0 aliphatic heterocycles. The van der Waals surface area contributed by atoms with E-state index in [2.05, 4.69) is 10.6 Å². The van der Waals surface area contributed by atoms with Gasteiger partial charge in [-0.1, -0.05) is 25.1 Å². The third-order valence-electron chi connectivity index (χ3n) is 4.02. The Morgan fingerprint density at radius 3 is 2.28 bits per heavy atom. The molecule has 0 fully saturated rings. The number of hydrogen-bond acceptors (Lipinski definition) is 3. The standard InChI is InChI=1S/C20H21F4N3O2/c1-2-9-27(11-17(28)25-10-13-5-3-4-6-14(13)21)12-18(29)26-16-8-7-15(22)19(23)20(16)24/h3-8H,2,9-12H2,1H3,(H,25,28)(H,26,29). The first-order valence-corrected chi connectivity index (χ1v) is 8.97. The van der Waals surface area contributed by atoms with Gasteiger partial charge in [0.15, 0.2) is 17.5 Å². The van der Waals surface area contributed by atoms with Crippen molar-refractivity contribution in [1.82, 2.24) is 10.2 Å². The summed E-state index contributed by atoms with van der Waals surface area (Å²) in [4.78, 5) is 25.8. The Labute approximate surface area is 165 Å². The van der Waals surface area contributed by atoms with Gasteiger partial charge < -0.3 is 10.6 Å². The topological polar surface area (TPSA) is 61.4 Å². The van der Waals surface area contributed by atoms with Gasteiger partial charge in [-0.2, -0.15) is 0 Å². The van der Waals surface area contributed by atoms with Gasteiger partial charge in [0, 0.05) is 12.1 Å². The minimum Gasteiger partial charge on any atom is -0.351 e. The lowest BCUT2D eigenvalue weighted by Gasteiger charge is -2.20. The van der Waals surface area contributed by atoms with Crippen LogP contribution < -0.4 is 10.6 Å². The molecule has 0 aromatic heterocycles. The number of carbonyl (C=O) groups is 2. The molecule has 2 aromatic carbocycles. The molecule has 5 nitrogen and oxygen atoms in total. The molecule has 2 N–H and O–H groups in total. The third kappa shape index (κ3) is 6.56. The number of halogens is 4. The lowest BCUT2D eigenvalue weighted by Crippen LogP contribution is -2.41. The van der Waals surface area contributed by atoms with Crippen LogP contribution in [0.3, 0.4) is 0 Å². The van der Waals surface area contributed by atoms with E-state index in [1.54, 1.807) is 12.1 Å². The molecule has 2 aromatic rings. The predicted octanol–water partition coefficient (Wildman–Crippen LogP) is 3.21. The van der Waals surface area contributed by atoms with E-state index in [9.17, 15) is 27.2 Å². The van der Waals surface area contributed by atoms with Gasteiger partial charge in [-0.15, -0.1) is 0 Å². The largest absolute Gasteiger partial charge is 0.351 e. The van der Waals surface area contributed by atoms with Crippen molar-refractivity contribution in [2.24, 2.45) is 0 Å². The van der Waals surface area contributed by atoms with Crippen molar-refractivity contribution in [1.29, 1.82) is 0 Å². The molecule has 0 aliphatic rings. The molecule has 9 heteroatoms. The minimum absolute atomic E-state index is 0.00225. The predicted molar refractivity (Wildman–Crippen MR) is 99.9 cm³/mol. The van der Waals surface area contributed by atoms with Gasteiger partial charge in [-0.25, -0.2) is 17.6 Å². The van der Waals surface area contributed by atoms with Crippen molar-refractivity contribution < 1.29 is 27.2 Å². The maximum Gasteiger partial charge on any atom is 0.238 e. The molecule has 2 rings (SSSR count). The monoisotopic (exact) mass is 411 g/mol. The van der Waals surface area contributed by atoms with E-state index in [1.165, 1.54) is 17.0 Å². The molecule has 29 heavy (non-hydrogen) atoms. The molecule has 156 valence electrons. The van der Waals surface area contributed by atoms with Crippen LogP contribution in [-0.2, 0) is 16.1 Å². The van der Waals surface area contributed by atoms with Crippen LogP contribution in [0.5, 0.6) is 0 Å². The first-order chi connectivity index (χ1) is 13.8. The summed E-state index contributed by atoms with van der Waals surface area (Å²) < 4.78 is 53.5. The van der Waals surface area contributed by atoms with E-state index < -0.39 is 40.8 Å². The summed E-state index contributed by atoms with van der Waals surface area (Å²) in [6.45, 7) is 1.82. The molecule has 0 saturated heterocycles. The second-order valence-electron chi connectivity index (χ2n) is 6.35. The van der Waals surface area contributed by atoms with Crippen LogP contribution in [0.25, 0.3) is 0 Å². The van der Waals surface area contributed by atoms with Crippen molar-refractivity contribution in [3.8, 4) is 0 Å². The van der Waals surface area contributed by atoms with Crippen LogP contribution in [0, 0.1) is 23.3 Å². The highest BCUT2D eigenvalue weighted by Crippen LogP contribution is 2.19. The number of amides is 2.